The molecule has 0 aromatic heterocycles. The maximum absolute atomic E-state index is 11.4. The first-order valence-electron chi connectivity index (χ1n) is 3.88. The van der Waals surface area contributed by atoms with Gasteiger partial charge in [-0.05, 0) is 0 Å². The molecule has 13 heavy (non-hydrogen) atoms. The van der Waals surface area contributed by atoms with Crippen LogP contribution in [0.4, 0.5) is 0 Å². The van der Waals surface area contributed by atoms with E-state index < -0.39 is 0 Å². The van der Waals surface area contributed by atoms with Crippen LogP contribution in [0.2, 0.25) is 0 Å². The molecular weight excluding hydrogens is 196 g/mol. The highest BCUT2D eigenvalue weighted by atomic mass is 35.5. The first-order valence-corrected chi connectivity index (χ1v) is 3.88. The Labute approximate surface area is 83.7 Å². The summed E-state index contributed by atoms with van der Waals surface area (Å²) in [6.45, 7) is 1.81. The zero-order chi connectivity index (χ0) is 8.97. The molecule has 1 rings (SSSR count). The monoisotopic (exact) mass is 210 g/mol. The molecule has 1 N–H and O–H groups in total. The molecule has 0 radical (unpaired) electrons. The molecule has 0 bridgehead atoms. The lowest BCUT2D eigenvalue weighted by Crippen LogP contribution is -2.51. The Morgan fingerprint density at radius 1 is 1.69 bits per heavy atom. The highest BCUT2D eigenvalue weighted by molar-refractivity contribution is 5.85. The predicted octanol–water partition coefficient (Wildman–Crippen LogP) is -0.584. The van der Waals surface area contributed by atoms with Crippen LogP contribution >= 0.6 is 12.4 Å². The number of likely N-dealkylation sites (N-methyl/N-ethyl adjacent to an activating group) is 1. The van der Waals surface area contributed by atoms with Crippen LogP contribution in [0.1, 0.15) is 0 Å². The molecule has 0 saturated carbocycles. The molecule has 1 amide bonds. The molecule has 1 atom stereocenters. The SMILES string of the molecule is CON(C)C(=O)[C@H]1COCCN1.Cl. The van der Waals surface area contributed by atoms with Gasteiger partial charge in [0.15, 0.2) is 0 Å². The summed E-state index contributed by atoms with van der Waals surface area (Å²) in [5.41, 5.74) is 0. The first kappa shape index (κ1) is 12.6. The van der Waals surface area contributed by atoms with Crippen molar-refractivity contribution in [3.05, 3.63) is 0 Å². The van der Waals surface area contributed by atoms with E-state index in [9.17, 15) is 4.79 Å². The molecule has 0 unspecified atom stereocenters. The van der Waals surface area contributed by atoms with Crippen molar-refractivity contribution in [1.29, 1.82) is 0 Å². The fourth-order valence-corrected chi connectivity index (χ4v) is 1.03. The van der Waals surface area contributed by atoms with Gasteiger partial charge in [0.1, 0.15) is 6.04 Å². The number of rotatable bonds is 2. The van der Waals surface area contributed by atoms with Gasteiger partial charge in [0, 0.05) is 13.6 Å². The van der Waals surface area contributed by atoms with Crippen LogP contribution < -0.4 is 5.32 Å². The third kappa shape index (κ3) is 3.48. The maximum atomic E-state index is 11.4. The number of carbonyl (C=O) groups excluding carboxylic acids is 1. The molecule has 0 aromatic rings. The number of hydrogen-bond acceptors (Lipinski definition) is 4. The lowest BCUT2D eigenvalue weighted by molar-refractivity contribution is -0.173. The molecular formula is C7H15ClN2O3. The summed E-state index contributed by atoms with van der Waals surface area (Å²) in [5.74, 6) is -0.0998. The molecule has 0 aliphatic carbocycles. The highest BCUT2D eigenvalue weighted by Gasteiger charge is 2.24. The van der Waals surface area contributed by atoms with Gasteiger partial charge in [-0.3, -0.25) is 9.63 Å². The maximum Gasteiger partial charge on any atom is 0.265 e. The highest BCUT2D eigenvalue weighted by Crippen LogP contribution is 1.97. The van der Waals surface area contributed by atoms with Gasteiger partial charge in [0.2, 0.25) is 0 Å². The van der Waals surface area contributed by atoms with Gasteiger partial charge in [0.25, 0.3) is 5.91 Å². The minimum atomic E-state index is -0.260. The number of morpholine rings is 1. The van der Waals surface area contributed by atoms with Crippen LogP contribution in [0.25, 0.3) is 0 Å². The summed E-state index contributed by atoms with van der Waals surface area (Å²) in [6.07, 6.45) is 0. The molecule has 5 nitrogen and oxygen atoms in total. The summed E-state index contributed by atoms with van der Waals surface area (Å²) in [6, 6.07) is -0.260. The second-order valence-corrected chi connectivity index (χ2v) is 2.60. The minimum absolute atomic E-state index is 0. The van der Waals surface area contributed by atoms with E-state index in [-0.39, 0.29) is 24.4 Å². The van der Waals surface area contributed by atoms with Crippen molar-refractivity contribution < 1.29 is 14.4 Å². The average molecular weight is 211 g/mol. The van der Waals surface area contributed by atoms with Crippen molar-refractivity contribution >= 4 is 18.3 Å². The molecule has 78 valence electrons. The zero-order valence-electron chi connectivity index (χ0n) is 7.78. The molecule has 0 spiro atoms. The Kier molecular flexibility index (Phi) is 5.98. The van der Waals surface area contributed by atoms with Crippen molar-refractivity contribution in [2.45, 2.75) is 6.04 Å². The van der Waals surface area contributed by atoms with Crippen LogP contribution in [-0.2, 0) is 14.4 Å². The van der Waals surface area contributed by atoms with Gasteiger partial charge >= 0.3 is 0 Å². The number of nitrogens with zero attached hydrogens (tertiary/aromatic N) is 1. The molecule has 1 fully saturated rings. The van der Waals surface area contributed by atoms with Crippen LogP contribution in [0.15, 0.2) is 0 Å². The Morgan fingerprint density at radius 2 is 2.38 bits per heavy atom. The standard InChI is InChI=1S/C7H14N2O3.ClH/c1-9(11-2)7(10)6-5-12-4-3-8-6;/h6,8H,3-5H2,1-2H3;1H/t6-;/m1./s1. The van der Waals surface area contributed by atoms with E-state index in [1.165, 1.54) is 12.2 Å². The number of ether oxygens (including phenoxy) is 1. The van der Waals surface area contributed by atoms with Gasteiger partial charge in [-0.25, -0.2) is 5.06 Å². The molecule has 1 saturated heterocycles. The normalized spacial score (nSPS) is 21.8. The number of carbonyl (C=O) groups is 1. The van der Waals surface area contributed by atoms with Crippen molar-refractivity contribution in [2.75, 3.05) is 33.9 Å². The van der Waals surface area contributed by atoms with Crippen LogP contribution in [-0.4, -0.2) is 50.9 Å². The Balaban J connectivity index is 0.00000144. The number of halogens is 1. The predicted molar refractivity (Wildman–Crippen MR) is 49.6 cm³/mol. The third-order valence-electron chi connectivity index (χ3n) is 1.80. The lowest BCUT2D eigenvalue weighted by Gasteiger charge is -2.25. The van der Waals surface area contributed by atoms with Gasteiger partial charge < -0.3 is 10.1 Å². The minimum Gasteiger partial charge on any atom is -0.378 e. The molecule has 0 aromatic carbocycles. The zero-order valence-corrected chi connectivity index (χ0v) is 8.60. The molecule has 6 heteroatoms. The summed E-state index contributed by atoms with van der Waals surface area (Å²) in [4.78, 5) is 16.1. The second-order valence-electron chi connectivity index (χ2n) is 2.60. The van der Waals surface area contributed by atoms with E-state index in [1.54, 1.807) is 7.05 Å². The van der Waals surface area contributed by atoms with Crippen molar-refractivity contribution in [3.8, 4) is 0 Å². The number of hydrogen-bond donors (Lipinski definition) is 1. The smallest absolute Gasteiger partial charge is 0.265 e. The van der Waals surface area contributed by atoms with Gasteiger partial charge in [0.05, 0.1) is 20.3 Å². The van der Waals surface area contributed by atoms with Crippen LogP contribution in [0, 0.1) is 0 Å². The van der Waals surface area contributed by atoms with Gasteiger partial charge in [-0.2, -0.15) is 0 Å². The van der Waals surface area contributed by atoms with E-state index in [0.717, 1.165) is 0 Å². The van der Waals surface area contributed by atoms with Crippen LogP contribution in [0.5, 0.6) is 0 Å². The first-order chi connectivity index (χ1) is 5.75. The number of hydroxylamine groups is 2. The fraction of sp³-hybridized carbons (Fsp3) is 0.857. The van der Waals surface area contributed by atoms with E-state index >= 15 is 0 Å². The van der Waals surface area contributed by atoms with E-state index in [4.69, 9.17) is 9.57 Å². The van der Waals surface area contributed by atoms with Crippen LogP contribution in [0.3, 0.4) is 0 Å². The summed E-state index contributed by atoms with van der Waals surface area (Å²) in [5, 5.41) is 4.24. The second kappa shape index (κ2) is 6.15. The summed E-state index contributed by atoms with van der Waals surface area (Å²) in [7, 11) is 3.04. The van der Waals surface area contributed by atoms with Crippen molar-refractivity contribution in [2.24, 2.45) is 0 Å². The summed E-state index contributed by atoms with van der Waals surface area (Å²) < 4.78 is 5.13. The third-order valence-corrected chi connectivity index (χ3v) is 1.80. The Bertz CT molecular complexity index is 162. The molecule has 1 aliphatic heterocycles. The molecule has 1 aliphatic rings. The van der Waals surface area contributed by atoms with Gasteiger partial charge in [-0.15, -0.1) is 12.4 Å². The summed E-state index contributed by atoms with van der Waals surface area (Å²) >= 11 is 0. The Morgan fingerprint density at radius 3 is 2.85 bits per heavy atom. The quantitative estimate of drug-likeness (QED) is 0.620. The fourth-order valence-electron chi connectivity index (χ4n) is 1.03. The molecule has 1 heterocycles. The average Bonchev–Trinajstić information content (AvgIpc) is 2.17. The van der Waals surface area contributed by atoms with Gasteiger partial charge in [-0.1, -0.05) is 0 Å². The van der Waals surface area contributed by atoms with Crippen molar-refractivity contribution in [1.82, 2.24) is 10.4 Å². The van der Waals surface area contributed by atoms with E-state index in [0.29, 0.717) is 19.8 Å². The van der Waals surface area contributed by atoms with E-state index in [1.807, 2.05) is 0 Å². The Hall–Kier alpha value is -0.360. The number of amides is 1. The van der Waals surface area contributed by atoms with Crippen molar-refractivity contribution in [3.63, 3.8) is 0 Å². The number of nitrogens with one attached hydrogen (secondary N) is 1. The topological polar surface area (TPSA) is 50.8 Å². The largest absolute Gasteiger partial charge is 0.378 e. The van der Waals surface area contributed by atoms with E-state index in [2.05, 4.69) is 5.32 Å². The lowest BCUT2D eigenvalue weighted by atomic mass is 10.2.